The Morgan fingerprint density at radius 1 is 0.762 bits per heavy atom. The summed E-state index contributed by atoms with van der Waals surface area (Å²) in [6, 6.07) is 0. The van der Waals surface area contributed by atoms with Crippen LogP contribution in [-0.2, 0) is 47.7 Å². The molecule has 124 valence electrons. The molecular formula is C9H16O10S2. The molecule has 0 aliphatic carbocycles. The number of methoxy groups -OCH3 is 2. The van der Waals surface area contributed by atoms with E-state index in [0.29, 0.717) is 0 Å². The maximum Gasteiger partial charge on any atom is 0.333 e. The minimum Gasteiger partial charge on any atom is -0.467 e. The van der Waals surface area contributed by atoms with Gasteiger partial charge in [-0.05, 0) is 6.42 Å². The summed E-state index contributed by atoms with van der Waals surface area (Å²) in [6.07, 6.45) is -0.326. The second kappa shape index (κ2) is 8.92. The summed E-state index contributed by atoms with van der Waals surface area (Å²) in [5.74, 6) is -3.03. The van der Waals surface area contributed by atoms with Crippen molar-refractivity contribution in [1.29, 1.82) is 0 Å². The number of carbonyl (C=O) groups excluding carboxylic acids is 2. The van der Waals surface area contributed by atoms with Crippen LogP contribution in [0.1, 0.15) is 6.42 Å². The fourth-order valence-corrected chi connectivity index (χ4v) is 2.89. The lowest BCUT2D eigenvalue weighted by Gasteiger charge is -2.06. The highest BCUT2D eigenvalue weighted by molar-refractivity contribution is 7.87. The third-order valence-electron chi connectivity index (χ3n) is 1.96. The van der Waals surface area contributed by atoms with Gasteiger partial charge in [-0.15, -0.1) is 0 Å². The molecule has 0 amide bonds. The smallest absolute Gasteiger partial charge is 0.333 e. The summed E-state index contributed by atoms with van der Waals surface area (Å²) in [4.78, 5) is 21.4. The van der Waals surface area contributed by atoms with E-state index in [1.165, 1.54) is 0 Å². The monoisotopic (exact) mass is 348 g/mol. The standard InChI is InChI=1S/C9H16O10S2/c1-16-8(10)6-18-20(12,13)4-3-5-21(14,15)19-7-9(11)17-2/h3-7H2,1-2H3. The van der Waals surface area contributed by atoms with E-state index in [4.69, 9.17) is 0 Å². The summed E-state index contributed by atoms with van der Waals surface area (Å²) >= 11 is 0. The molecule has 0 heterocycles. The van der Waals surface area contributed by atoms with Gasteiger partial charge in [-0.2, -0.15) is 16.8 Å². The molecule has 0 rings (SSSR count). The molecule has 0 unspecified atom stereocenters. The number of ether oxygens (including phenoxy) is 2. The Bertz CT molecular complexity index is 497. The molecule has 0 fully saturated rings. The van der Waals surface area contributed by atoms with Gasteiger partial charge in [-0.25, -0.2) is 9.59 Å². The van der Waals surface area contributed by atoms with E-state index in [-0.39, 0.29) is 6.42 Å². The Kier molecular flexibility index (Phi) is 8.39. The summed E-state index contributed by atoms with van der Waals surface area (Å²) in [6.45, 7) is -1.57. The molecule has 0 aromatic rings. The highest BCUT2D eigenvalue weighted by Crippen LogP contribution is 2.02. The van der Waals surface area contributed by atoms with Gasteiger partial charge in [0.05, 0.1) is 25.7 Å². The lowest BCUT2D eigenvalue weighted by Crippen LogP contribution is -2.21. The van der Waals surface area contributed by atoms with Gasteiger partial charge in [-0.1, -0.05) is 0 Å². The van der Waals surface area contributed by atoms with Crippen molar-refractivity contribution in [2.24, 2.45) is 0 Å². The van der Waals surface area contributed by atoms with E-state index in [1.807, 2.05) is 0 Å². The molecule has 0 aromatic carbocycles. The van der Waals surface area contributed by atoms with E-state index in [9.17, 15) is 26.4 Å². The summed E-state index contributed by atoms with van der Waals surface area (Å²) < 4.78 is 62.2. The van der Waals surface area contributed by atoms with Crippen molar-refractivity contribution in [2.75, 3.05) is 38.9 Å². The zero-order valence-electron chi connectivity index (χ0n) is 11.4. The van der Waals surface area contributed by atoms with Crippen molar-refractivity contribution in [3.05, 3.63) is 0 Å². The molecule has 12 heteroatoms. The highest BCUT2D eigenvalue weighted by atomic mass is 32.2. The van der Waals surface area contributed by atoms with Gasteiger partial charge in [0.15, 0.2) is 13.2 Å². The largest absolute Gasteiger partial charge is 0.467 e. The molecule has 0 spiro atoms. The summed E-state index contributed by atoms with van der Waals surface area (Å²) in [5, 5.41) is 0. The van der Waals surface area contributed by atoms with Crippen LogP contribution in [0.5, 0.6) is 0 Å². The Balaban J connectivity index is 4.16. The van der Waals surface area contributed by atoms with E-state index in [0.717, 1.165) is 14.2 Å². The Hall–Kier alpha value is -1.24. The van der Waals surface area contributed by atoms with Crippen molar-refractivity contribution in [2.45, 2.75) is 6.42 Å². The predicted octanol–water partition coefficient (Wildman–Crippen LogP) is -1.58. The minimum absolute atomic E-state index is 0.326. The zero-order chi connectivity index (χ0) is 16.5. The van der Waals surface area contributed by atoms with Crippen molar-refractivity contribution in [3.63, 3.8) is 0 Å². The maximum absolute atomic E-state index is 11.3. The van der Waals surface area contributed by atoms with Gasteiger partial charge < -0.3 is 9.47 Å². The van der Waals surface area contributed by atoms with Gasteiger partial charge in [-0.3, -0.25) is 8.37 Å². The molecule has 10 nitrogen and oxygen atoms in total. The van der Waals surface area contributed by atoms with Crippen molar-refractivity contribution in [1.82, 2.24) is 0 Å². The van der Waals surface area contributed by atoms with Crippen LogP contribution in [0.4, 0.5) is 0 Å². The van der Waals surface area contributed by atoms with Crippen LogP contribution in [0, 0.1) is 0 Å². The van der Waals surface area contributed by atoms with Gasteiger partial charge in [0.2, 0.25) is 0 Å². The van der Waals surface area contributed by atoms with Gasteiger partial charge in [0, 0.05) is 0 Å². The van der Waals surface area contributed by atoms with Gasteiger partial charge >= 0.3 is 11.9 Å². The van der Waals surface area contributed by atoms with Crippen molar-refractivity contribution < 1.29 is 44.3 Å². The van der Waals surface area contributed by atoms with Crippen molar-refractivity contribution in [3.8, 4) is 0 Å². The molecule has 0 radical (unpaired) electrons. The lowest BCUT2D eigenvalue weighted by atomic mass is 10.6. The zero-order valence-corrected chi connectivity index (χ0v) is 13.1. The molecule has 21 heavy (non-hydrogen) atoms. The number of carbonyl (C=O) groups is 2. The quantitative estimate of drug-likeness (QED) is 0.335. The van der Waals surface area contributed by atoms with Crippen LogP contribution in [-0.4, -0.2) is 67.7 Å². The summed E-state index contributed by atoms with van der Waals surface area (Å²) in [7, 11) is -6.00. The van der Waals surface area contributed by atoms with Crippen LogP contribution in [0.3, 0.4) is 0 Å². The molecule has 0 N–H and O–H groups in total. The highest BCUT2D eigenvalue weighted by Gasteiger charge is 2.18. The Labute approximate surface area is 122 Å². The third-order valence-corrected chi connectivity index (χ3v) is 4.49. The fourth-order valence-electron chi connectivity index (χ4n) is 0.924. The number of rotatable bonds is 10. The number of hydrogen-bond donors (Lipinski definition) is 0. The normalized spacial score (nSPS) is 11.9. The van der Waals surface area contributed by atoms with E-state index < -0.39 is 56.9 Å². The molecular weight excluding hydrogens is 332 g/mol. The average Bonchev–Trinajstić information content (AvgIpc) is 2.41. The first-order valence-electron chi connectivity index (χ1n) is 5.49. The van der Waals surface area contributed by atoms with Crippen LogP contribution in [0.25, 0.3) is 0 Å². The van der Waals surface area contributed by atoms with Crippen molar-refractivity contribution >= 4 is 32.2 Å². The predicted molar refractivity (Wildman–Crippen MR) is 68.1 cm³/mol. The van der Waals surface area contributed by atoms with Crippen LogP contribution < -0.4 is 0 Å². The molecule has 0 atom stereocenters. The third kappa shape index (κ3) is 10.2. The lowest BCUT2D eigenvalue weighted by molar-refractivity contribution is -0.143. The molecule has 0 aliphatic rings. The van der Waals surface area contributed by atoms with Gasteiger partial charge in [0.25, 0.3) is 20.2 Å². The Morgan fingerprint density at radius 2 is 1.10 bits per heavy atom. The minimum atomic E-state index is -4.06. The first-order chi connectivity index (χ1) is 9.62. The number of hydrogen-bond acceptors (Lipinski definition) is 10. The summed E-state index contributed by atoms with van der Waals surface area (Å²) in [5.41, 5.74) is 0. The van der Waals surface area contributed by atoms with Crippen LogP contribution in [0.15, 0.2) is 0 Å². The molecule has 0 saturated carbocycles. The first-order valence-corrected chi connectivity index (χ1v) is 8.65. The van der Waals surface area contributed by atoms with E-state index in [2.05, 4.69) is 17.8 Å². The van der Waals surface area contributed by atoms with E-state index in [1.54, 1.807) is 0 Å². The van der Waals surface area contributed by atoms with Crippen LogP contribution in [0.2, 0.25) is 0 Å². The average molecular weight is 348 g/mol. The Morgan fingerprint density at radius 3 is 1.38 bits per heavy atom. The van der Waals surface area contributed by atoms with Crippen LogP contribution >= 0.6 is 0 Å². The first kappa shape index (κ1) is 19.8. The SMILES string of the molecule is COC(=O)COS(=O)(=O)CCCS(=O)(=O)OCC(=O)OC. The molecule has 0 aromatic heterocycles. The van der Waals surface area contributed by atoms with E-state index >= 15 is 0 Å². The van der Waals surface area contributed by atoms with Gasteiger partial charge in [0.1, 0.15) is 0 Å². The molecule has 0 aliphatic heterocycles. The molecule has 0 bridgehead atoms. The number of esters is 2. The topological polar surface area (TPSA) is 139 Å². The fraction of sp³-hybridized carbons (Fsp3) is 0.778. The second-order valence-corrected chi connectivity index (χ2v) is 7.07. The molecule has 0 saturated heterocycles. The maximum atomic E-state index is 11.3. The second-order valence-electron chi connectivity index (χ2n) is 3.55.